The number of aliphatic hydroxyl groups is 1. The number of aliphatic hydroxyl groups excluding tert-OH is 1. The van der Waals surface area contributed by atoms with Crippen LogP contribution in [0.5, 0.6) is 5.75 Å². The van der Waals surface area contributed by atoms with Gasteiger partial charge in [0.2, 0.25) is 5.91 Å². The van der Waals surface area contributed by atoms with Crippen LogP contribution in [0.1, 0.15) is 23.5 Å². The Bertz CT molecular complexity index is 996. The summed E-state index contributed by atoms with van der Waals surface area (Å²) in [6, 6.07) is 18.0. The lowest BCUT2D eigenvalue weighted by Gasteiger charge is -2.42. The minimum Gasteiger partial charge on any atom is -0.497 e. The van der Waals surface area contributed by atoms with Gasteiger partial charge in [0.15, 0.2) is 0 Å². The molecule has 2 aromatic carbocycles. The van der Waals surface area contributed by atoms with Crippen molar-refractivity contribution in [1.29, 1.82) is 5.26 Å². The van der Waals surface area contributed by atoms with Gasteiger partial charge in [-0.25, -0.2) is 0 Å². The van der Waals surface area contributed by atoms with Crippen LogP contribution in [0, 0.1) is 11.3 Å². The van der Waals surface area contributed by atoms with Crippen LogP contribution in [0.25, 0.3) is 0 Å². The van der Waals surface area contributed by atoms with Crippen LogP contribution in [0.4, 0.5) is 5.69 Å². The van der Waals surface area contributed by atoms with Crippen LogP contribution < -0.4 is 9.64 Å². The van der Waals surface area contributed by atoms with Gasteiger partial charge in [-0.15, -0.1) is 0 Å². The van der Waals surface area contributed by atoms with Gasteiger partial charge in [0.1, 0.15) is 5.75 Å². The van der Waals surface area contributed by atoms with Crippen LogP contribution >= 0.6 is 11.8 Å². The van der Waals surface area contributed by atoms with Gasteiger partial charge in [-0.3, -0.25) is 9.69 Å². The molecule has 1 amide bonds. The molecule has 7 heteroatoms. The standard InChI is InChI=1S/C23H23N3O3S/c1-29-19-8-4-17(5-9-19)20-12-22(28)26-14-25(15-30-23(26)21(20)13-24)18-6-2-16(3-7-18)10-11-27/h2-9,20,27H,10-12,14-15H2,1H3/t20-/m1/s1. The summed E-state index contributed by atoms with van der Waals surface area (Å²) < 4.78 is 5.22. The minimum atomic E-state index is -0.225. The number of anilines is 1. The molecule has 0 spiro atoms. The first-order chi connectivity index (χ1) is 14.6. The van der Waals surface area contributed by atoms with Crippen molar-refractivity contribution >= 4 is 23.4 Å². The number of benzene rings is 2. The second kappa shape index (κ2) is 8.82. The zero-order valence-corrected chi connectivity index (χ0v) is 17.6. The lowest BCUT2D eigenvalue weighted by molar-refractivity contribution is -0.129. The van der Waals surface area contributed by atoms with E-state index in [-0.39, 0.29) is 24.9 Å². The summed E-state index contributed by atoms with van der Waals surface area (Å²) in [5.74, 6) is 1.22. The lowest BCUT2D eigenvalue weighted by Crippen LogP contribution is -2.47. The van der Waals surface area contributed by atoms with Crippen LogP contribution in [0.2, 0.25) is 0 Å². The van der Waals surface area contributed by atoms with E-state index in [1.165, 1.54) is 11.8 Å². The van der Waals surface area contributed by atoms with Gasteiger partial charge in [-0.05, 0) is 41.8 Å². The number of thioether (sulfide) groups is 1. The third-order valence-corrected chi connectivity index (χ3v) is 6.67. The molecule has 2 aliphatic rings. The molecule has 0 saturated carbocycles. The summed E-state index contributed by atoms with van der Waals surface area (Å²) in [5, 5.41) is 19.7. The number of nitrogens with zero attached hydrogens (tertiary/aromatic N) is 3. The van der Waals surface area contributed by atoms with Gasteiger partial charge in [-0.2, -0.15) is 5.26 Å². The van der Waals surface area contributed by atoms with E-state index >= 15 is 0 Å². The third kappa shape index (κ3) is 3.89. The molecule has 30 heavy (non-hydrogen) atoms. The molecule has 2 aliphatic heterocycles. The number of hydrogen-bond acceptors (Lipinski definition) is 6. The Labute approximate surface area is 180 Å². The van der Waals surface area contributed by atoms with Crippen LogP contribution in [0.15, 0.2) is 59.1 Å². The summed E-state index contributed by atoms with van der Waals surface area (Å²) in [4.78, 5) is 16.9. The van der Waals surface area contributed by atoms with Gasteiger partial charge < -0.3 is 14.7 Å². The summed E-state index contributed by atoms with van der Waals surface area (Å²) in [5.41, 5.74) is 3.71. The van der Waals surface area contributed by atoms with Crippen molar-refractivity contribution in [2.45, 2.75) is 18.8 Å². The number of hydrogen-bond donors (Lipinski definition) is 1. The van der Waals surface area contributed by atoms with Crippen molar-refractivity contribution in [3.8, 4) is 11.8 Å². The van der Waals surface area contributed by atoms with E-state index in [1.807, 2.05) is 48.5 Å². The largest absolute Gasteiger partial charge is 0.497 e. The molecule has 0 aromatic heterocycles. The molecular formula is C23H23N3O3S. The zero-order chi connectivity index (χ0) is 21.1. The van der Waals surface area contributed by atoms with Crippen molar-refractivity contribution in [1.82, 2.24) is 4.90 Å². The van der Waals surface area contributed by atoms with E-state index in [0.717, 1.165) is 27.6 Å². The van der Waals surface area contributed by atoms with Crippen molar-refractivity contribution in [2.75, 3.05) is 31.2 Å². The Kier molecular flexibility index (Phi) is 5.98. The van der Waals surface area contributed by atoms with Crippen molar-refractivity contribution in [3.63, 3.8) is 0 Å². The molecular weight excluding hydrogens is 398 g/mol. The van der Waals surface area contributed by atoms with Crippen LogP contribution in [0.3, 0.4) is 0 Å². The van der Waals surface area contributed by atoms with E-state index in [9.17, 15) is 10.1 Å². The summed E-state index contributed by atoms with van der Waals surface area (Å²) in [6.45, 7) is 0.558. The third-order valence-electron chi connectivity index (χ3n) is 5.51. The summed E-state index contributed by atoms with van der Waals surface area (Å²) >= 11 is 1.53. The number of amides is 1. The summed E-state index contributed by atoms with van der Waals surface area (Å²) in [6.07, 6.45) is 0.910. The SMILES string of the molecule is COc1ccc([C@H]2CC(=O)N3CN(c4ccc(CCO)cc4)CSC3=C2C#N)cc1. The first-order valence-electron chi connectivity index (χ1n) is 9.80. The number of fused-ring (bicyclic) bond motifs is 1. The Balaban J connectivity index is 1.58. The van der Waals surface area contributed by atoms with Crippen LogP contribution in [-0.4, -0.2) is 42.2 Å². The number of ether oxygens (including phenoxy) is 1. The first kappa shape index (κ1) is 20.3. The monoisotopic (exact) mass is 421 g/mol. The Hall–Kier alpha value is -2.95. The number of allylic oxidation sites excluding steroid dienone is 1. The average Bonchev–Trinajstić information content (AvgIpc) is 2.79. The van der Waals surface area contributed by atoms with Gasteiger partial charge in [0.25, 0.3) is 0 Å². The Morgan fingerprint density at radius 1 is 1.20 bits per heavy atom. The highest BCUT2D eigenvalue weighted by Crippen LogP contribution is 2.43. The van der Waals surface area contributed by atoms with E-state index in [4.69, 9.17) is 9.84 Å². The number of nitriles is 1. The molecule has 6 nitrogen and oxygen atoms in total. The maximum Gasteiger partial charge on any atom is 0.229 e. The van der Waals surface area contributed by atoms with Gasteiger partial charge in [-0.1, -0.05) is 36.0 Å². The van der Waals surface area contributed by atoms with E-state index in [2.05, 4.69) is 11.0 Å². The number of methoxy groups -OCH3 is 1. The highest BCUT2D eigenvalue weighted by atomic mass is 32.2. The molecule has 4 rings (SSSR count). The number of carbonyl (C=O) groups is 1. The van der Waals surface area contributed by atoms with Crippen molar-refractivity contribution in [2.24, 2.45) is 0 Å². The van der Waals surface area contributed by atoms with Crippen LogP contribution in [-0.2, 0) is 11.2 Å². The molecule has 0 bridgehead atoms. The molecule has 0 unspecified atom stereocenters. The van der Waals surface area contributed by atoms with E-state index in [0.29, 0.717) is 24.5 Å². The Morgan fingerprint density at radius 2 is 1.93 bits per heavy atom. The second-order valence-corrected chi connectivity index (χ2v) is 8.21. The predicted molar refractivity (Wildman–Crippen MR) is 117 cm³/mol. The Morgan fingerprint density at radius 3 is 2.57 bits per heavy atom. The molecule has 1 N–H and O–H groups in total. The minimum absolute atomic E-state index is 0.0268. The molecule has 1 atom stereocenters. The van der Waals surface area contributed by atoms with E-state index < -0.39 is 0 Å². The fourth-order valence-corrected chi connectivity index (χ4v) is 5.02. The lowest BCUT2D eigenvalue weighted by atomic mass is 9.86. The normalized spacial score (nSPS) is 18.8. The van der Waals surface area contributed by atoms with Crippen molar-refractivity contribution < 1.29 is 14.6 Å². The molecule has 0 radical (unpaired) electrons. The molecule has 1 fully saturated rings. The quantitative estimate of drug-likeness (QED) is 0.797. The topological polar surface area (TPSA) is 76.8 Å². The van der Waals surface area contributed by atoms with E-state index in [1.54, 1.807) is 12.0 Å². The first-order valence-corrected chi connectivity index (χ1v) is 10.8. The van der Waals surface area contributed by atoms with Gasteiger partial charge in [0.05, 0.1) is 36.3 Å². The number of carbonyl (C=O) groups excluding carboxylic acids is 1. The van der Waals surface area contributed by atoms with Gasteiger partial charge in [0, 0.05) is 24.6 Å². The maximum absolute atomic E-state index is 13.0. The molecule has 1 saturated heterocycles. The summed E-state index contributed by atoms with van der Waals surface area (Å²) in [7, 11) is 1.62. The molecule has 0 aliphatic carbocycles. The predicted octanol–water partition coefficient (Wildman–Crippen LogP) is 3.45. The maximum atomic E-state index is 13.0. The highest BCUT2D eigenvalue weighted by molar-refractivity contribution is 8.03. The fourth-order valence-electron chi connectivity index (χ4n) is 3.85. The number of rotatable bonds is 5. The zero-order valence-electron chi connectivity index (χ0n) is 16.7. The molecule has 2 heterocycles. The fraction of sp³-hybridized carbons (Fsp3) is 0.304. The molecule has 154 valence electrons. The van der Waals surface area contributed by atoms with Gasteiger partial charge >= 0.3 is 0 Å². The van der Waals surface area contributed by atoms with Crippen molar-refractivity contribution in [3.05, 3.63) is 70.3 Å². The molecule has 2 aromatic rings. The smallest absolute Gasteiger partial charge is 0.229 e. The highest BCUT2D eigenvalue weighted by Gasteiger charge is 2.38. The average molecular weight is 422 g/mol. The second-order valence-electron chi connectivity index (χ2n) is 7.28.